The third-order valence-electron chi connectivity index (χ3n) is 3.03. The van der Waals surface area contributed by atoms with Gasteiger partial charge in [0, 0.05) is 16.6 Å². The van der Waals surface area contributed by atoms with E-state index in [1.165, 1.54) is 6.07 Å². The van der Waals surface area contributed by atoms with E-state index in [4.69, 9.17) is 17.4 Å². The summed E-state index contributed by atoms with van der Waals surface area (Å²) in [6.45, 7) is 4.16. The molecular formula is C12H18ClFN2. The van der Waals surface area contributed by atoms with Gasteiger partial charge in [0.05, 0.1) is 0 Å². The van der Waals surface area contributed by atoms with Gasteiger partial charge in [-0.25, -0.2) is 4.39 Å². The van der Waals surface area contributed by atoms with Gasteiger partial charge in [0.1, 0.15) is 5.82 Å². The van der Waals surface area contributed by atoms with Crippen LogP contribution in [0, 0.1) is 11.7 Å². The molecule has 2 unspecified atom stereocenters. The van der Waals surface area contributed by atoms with Gasteiger partial charge in [-0.2, -0.15) is 0 Å². The topological polar surface area (TPSA) is 38.0 Å². The monoisotopic (exact) mass is 244 g/mol. The lowest BCUT2D eigenvalue weighted by Crippen LogP contribution is -2.41. The zero-order valence-corrected chi connectivity index (χ0v) is 10.4. The zero-order valence-electron chi connectivity index (χ0n) is 9.63. The third kappa shape index (κ3) is 3.17. The van der Waals surface area contributed by atoms with E-state index in [9.17, 15) is 4.39 Å². The number of halogens is 2. The first-order valence-corrected chi connectivity index (χ1v) is 5.87. The number of hydrogen-bond donors (Lipinski definition) is 2. The van der Waals surface area contributed by atoms with Crippen molar-refractivity contribution in [3.05, 3.63) is 34.6 Å². The normalized spacial score (nSPS) is 14.8. The van der Waals surface area contributed by atoms with Gasteiger partial charge in [0.15, 0.2) is 0 Å². The molecule has 2 nitrogen and oxygen atoms in total. The van der Waals surface area contributed by atoms with Crippen LogP contribution < -0.4 is 11.3 Å². The third-order valence-corrected chi connectivity index (χ3v) is 3.38. The molecule has 2 atom stereocenters. The van der Waals surface area contributed by atoms with E-state index in [-0.39, 0.29) is 11.9 Å². The summed E-state index contributed by atoms with van der Waals surface area (Å²) in [5.41, 5.74) is 3.27. The highest BCUT2D eigenvalue weighted by Crippen LogP contribution is 2.22. The van der Waals surface area contributed by atoms with Crippen molar-refractivity contribution >= 4 is 11.6 Å². The standard InChI is InChI=1S/C12H18ClFN2/c1-3-8(2)12(16-15)7-9-10(13)5-4-6-11(9)14/h4-6,8,12,16H,3,7,15H2,1-2H3. The molecule has 3 N–H and O–H groups in total. The average molecular weight is 245 g/mol. The molecule has 1 aromatic rings. The first kappa shape index (κ1) is 13.4. The smallest absolute Gasteiger partial charge is 0.127 e. The summed E-state index contributed by atoms with van der Waals surface area (Å²) in [5, 5.41) is 0.462. The molecule has 0 aliphatic carbocycles. The minimum atomic E-state index is -0.268. The van der Waals surface area contributed by atoms with Crippen molar-refractivity contribution in [2.24, 2.45) is 11.8 Å². The molecular weight excluding hydrogens is 227 g/mol. The number of hydrazine groups is 1. The summed E-state index contributed by atoms with van der Waals surface area (Å²) in [6.07, 6.45) is 1.50. The summed E-state index contributed by atoms with van der Waals surface area (Å²) in [4.78, 5) is 0. The second kappa shape index (κ2) is 6.18. The molecule has 0 aromatic heterocycles. The highest BCUT2D eigenvalue weighted by atomic mass is 35.5. The second-order valence-corrected chi connectivity index (χ2v) is 4.47. The van der Waals surface area contributed by atoms with Gasteiger partial charge in [0.2, 0.25) is 0 Å². The molecule has 4 heteroatoms. The van der Waals surface area contributed by atoms with E-state index in [2.05, 4.69) is 19.3 Å². The maximum atomic E-state index is 13.6. The Balaban J connectivity index is 2.85. The molecule has 0 radical (unpaired) electrons. The highest BCUT2D eigenvalue weighted by Gasteiger charge is 2.18. The van der Waals surface area contributed by atoms with Gasteiger partial charge in [0.25, 0.3) is 0 Å². The molecule has 0 fully saturated rings. The molecule has 0 saturated carbocycles. The van der Waals surface area contributed by atoms with Crippen LogP contribution in [-0.2, 0) is 6.42 Å². The van der Waals surface area contributed by atoms with E-state index >= 15 is 0 Å². The molecule has 0 saturated heterocycles. The van der Waals surface area contributed by atoms with Crippen LogP contribution in [0.3, 0.4) is 0 Å². The van der Waals surface area contributed by atoms with Crippen LogP contribution in [-0.4, -0.2) is 6.04 Å². The number of hydrogen-bond acceptors (Lipinski definition) is 2. The Labute approximate surface area is 101 Å². The Morgan fingerprint density at radius 1 is 1.50 bits per heavy atom. The van der Waals surface area contributed by atoms with Crippen molar-refractivity contribution in [2.75, 3.05) is 0 Å². The lowest BCUT2D eigenvalue weighted by Gasteiger charge is -2.22. The van der Waals surface area contributed by atoms with Gasteiger partial charge < -0.3 is 0 Å². The highest BCUT2D eigenvalue weighted by molar-refractivity contribution is 6.31. The number of nitrogens with one attached hydrogen (secondary N) is 1. The molecule has 90 valence electrons. The number of nitrogens with two attached hydrogens (primary N) is 1. The Hall–Kier alpha value is -0.640. The molecule has 16 heavy (non-hydrogen) atoms. The summed E-state index contributed by atoms with van der Waals surface area (Å²) in [5.74, 6) is 5.59. The molecule has 0 bridgehead atoms. The quantitative estimate of drug-likeness (QED) is 0.618. The minimum Gasteiger partial charge on any atom is -0.271 e. The molecule has 0 amide bonds. The predicted octanol–water partition coefficient (Wildman–Crippen LogP) is 2.90. The van der Waals surface area contributed by atoms with Crippen LogP contribution in [0.5, 0.6) is 0 Å². The van der Waals surface area contributed by atoms with E-state index in [1.807, 2.05) is 0 Å². The fourth-order valence-electron chi connectivity index (χ4n) is 1.66. The van der Waals surface area contributed by atoms with Crippen molar-refractivity contribution in [1.29, 1.82) is 0 Å². The van der Waals surface area contributed by atoms with Crippen LogP contribution >= 0.6 is 11.6 Å². The van der Waals surface area contributed by atoms with Crippen LogP contribution in [0.25, 0.3) is 0 Å². The average Bonchev–Trinajstić information content (AvgIpc) is 2.28. The largest absolute Gasteiger partial charge is 0.271 e. The van der Waals surface area contributed by atoms with Crippen LogP contribution in [0.15, 0.2) is 18.2 Å². The van der Waals surface area contributed by atoms with Crippen LogP contribution in [0.2, 0.25) is 5.02 Å². The minimum absolute atomic E-state index is 0.0411. The van der Waals surface area contributed by atoms with Crippen molar-refractivity contribution in [3.8, 4) is 0 Å². The van der Waals surface area contributed by atoms with Crippen molar-refractivity contribution in [2.45, 2.75) is 32.7 Å². The SMILES string of the molecule is CCC(C)C(Cc1c(F)cccc1Cl)NN. The van der Waals surface area contributed by atoms with Crippen LogP contribution in [0.1, 0.15) is 25.8 Å². The van der Waals surface area contributed by atoms with Gasteiger partial charge in [-0.3, -0.25) is 11.3 Å². The molecule has 0 heterocycles. The molecule has 1 rings (SSSR count). The van der Waals surface area contributed by atoms with Gasteiger partial charge in [-0.15, -0.1) is 0 Å². The Kier molecular flexibility index (Phi) is 5.19. The number of rotatable bonds is 5. The first-order valence-electron chi connectivity index (χ1n) is 5.49. The fourth-order valence-corrected chi connectivity index (χ4v) is 1.90. The second-order valence-electron chi connectivity index (χ2n) is 4.06. The van der Waals surface area contributed by atoms with Gasteiger partial charge in [-0.1, -0.05) is 37.9 Å². The summed E-state index contributed by atoms with van der Waals surface area (Å²) >= 11 is 5.97. The predicted molar refractivity (Wildman–Crippen MR) is 65.7 cm³/mol. The maximum absolute atomic E-state index is 13.6. The maximum Gasteiger partial charge on any atom is 0.127 e. The molecule has 1 aromatic carbocycles. The summed E-state index contributed by atoms with van der Waals surface area (Å²) < 4.78 is 13.6. The van der Waals surface area contributed by atoms with Crippen molar-refractivity contribution in [1.82, 2.24) is 5.43 Å². The van der Waals surface area contributed by atoms with Crippen LogP contribution in [0.4, 0.5) is 4.39 Å². The Bertz CT molecular complexity index is 324. The molecule has 0 aliphatic heterocycles. The number of benzene rings is 1. The van der Waals surface area contributed by atoms with Crippen molar-refractivity contribution < 1.29 is 4.39 Å². The Morgan fingerprint density at radius 3 is 2.69 bits per heavy atom. The lowest BCUT2D eigenvalue weighted by atomic mass is 9.93. The van der Waals surface area contributed by atoms with E-state index in [0.29, 0.717) is 22.9 Å². The van der Waals surface area contributed by atoms with E-state index < -0.39 is 0 Å². The lowest BCUT2D eigenvalue weighted by molar-refractivity contribution is 0.366. The first-order chi connectivity index (χ1) is 7.60. The van der Waals surface area contributed by atoms with Crippen molar-refractivity contribution in [3.63, 3.8) is 0 Å². The van der Waals surface area contributed by atoms with Gasteiger partial charge >= 0.3 is 0 Å². The zero-order chi connectivity index (χ0) is 12.1. The molecule has 0 aliphatic rings. The van der Waals surface area contributed by atoms with E-state index in [1.54, 1.807) is 12.1 Å². The fraction of sp³-hybridized carbons (Fsp3) is 0.500. The summed E-state index contributed by atoms with van der Waals surface area (Å²) in [6, 6.07) is 4.77. The molecule has 0 spiro atoms. The Morgan fingerprint density at radius 2 is 2.19 bits per heavy atom. The van der Waals surface area contributed by atoms with E-state index in [0.717, 1.165) is 6.42 Å². The van der Waals surface area contributed by atoms with Gasteiger partial charge in [-0.05, 0) is 24.5 Å². The summed E-state index contributed by atoms with van der Waals surface area (Å²) in [7, 11) is 0.